The van der Waals surface area contributed by atoms with E-state index in [0.29, 0.717) is 0 Å². The molecule has 0 aliphatic rings. The van der Waals surface area contributed by atoms with Crippen molar-refractivity contribution in [3.05, 3.63) is 63.1 Å². The first-order valence-corrected chi connectivity index (χ1v) is 7.92. The predicted octanol–water partition coefficient (Wildman–Crippen LogP) is 4.58. The van der Waals surface area contributed by atoms with Crippen molar-refractivity contribution in [2.75, 3.05) is 14.2 Å². The number of benzene rings is 2. The van der Waals surface area contributed by atoms with E-state index >= 15 is 0 Å². The molecule has 0 saturated carbocycles. The quantitative estimate of drug-likeness (QED) is 0.854. The second-order valence-corrected chi connectivity index (χ2v) is 6.17. The molecule has 0 aliphatic carbocycles. The highest BCUT2D eigenvalue weighted by molar-refractivity contribution is 9.10. The molecule has 0 radical (unpaired) electrons. The maximum absolute atomic E-state index is 5.46. The molecule has 0 heterocycles. The van der Waals surface area contributed by atoms with Crippen LogP contribution in [0.5, 0.6) is 5.75 Å². The largest absolute Gasteiger partial charge is 0.496 e. The van der Waals surface area contributed by atoms with E-state index in [-0.39, 0.29) is 6.04 Å². The third kappa shape index (κ3) is 3.66. The minimum atomic E-state index is 0.271. The number of hydrogen-bond donors (Lipinski definition) is 1. The first-order chi connectivity index (χ1) is 10.1. The lowest BCUT2D eigenvalue weighted by molar-refractivity contribution is 0.406. The Kier molecular flexibility index (Phi) is 5.43. The van der Waals surface area contributed by atoms with Crippen LogP contribution in [0.25, 0.3) is 0 Å². The first-order valence-electron chi connectivity index (χ1n) is 7.12. The average Bonchev–Trinajstić information content (AvgIpc) is 2.49. The van der Waals surface area contributed by atoms with Gasteiger partial charge in [0.1, 0.15) is 5.75 Å². The molecule has 0 spiro atoms. The van der Waals surface area contributed by atoms with E-state index in [0.717, 1.165) is 16.6 Å². The number of halogens is 1. The molecule has 112 valence electrons. The van der Waals surface area contributed by atoms with Crippen molar-refractivity contribution in [3.8, 4) is 5.75 Å². The zero-order chi connectivity index (χ0) is 15.4. The molecule has 0 fully saturated rings. The fraction of sp³-hybridized carbons (Fsp3) is 0.333. The van der Waals surface area contributed by atoms with Crippen LogP contribution < -0.4 is 10.1 Å². The molecule has 1 unspecified atom stereocenters. The van der Waals surface area contributed by atoms with Gasteiger partial charge in [-0.1, -0.05) is 40.2 Å². The number of nitrogens with one attached hydrogen (secondary N) is 1. The van der Waals surface area contributed by atoms with Crippen LogP contribution in [0, 0.1) is 13.8 Å². The fourth-order valence-electron chi connectivity index (χ4n) is 2.64. The highest BCUT2D eigenvalue weighted by atomic mass is 79.9. The molecule has 3 heteroatoms. The molecule has 2 aromatic carbocycles. The molecule has 0 saturated heterocycles. The molecule has 0 amide bonds. The molecule has 2 rings (SSSR count). The first kappa shape index (κ1) is 16.1. The third-order valence-corrected chi connectivity index (χ3v) is 4.74. The van der Waals surface area contributed by atoms with Crippen LogP contribution in [-0.4, -0.2) is 14.2 Å². The van der Waals surface area contributed by atoms with Gasteiger partial charge < -0.3 is 10.1 Å². The summed E-state index contributed by atoms with van der Waals surface area (Å²) < 4.78 is 6.63. The van der Waals surface area contributed by atoms with Gasteiger partial charge in [0, 0.05) is 10.5 Å². The normalized spacial score (nSPS) is 12.2. The summed E-state index contributed by atoms with van der Waals surface area (Å²) in [6, 6.07) is 12.9. The van der Waals surface area contributed by atoms with E-state index in [2.05, 4.69) is 59.4 Å². The Labute approximate surface area is 135 Å². The van der Waals surface area contributed by atoms with Gasteiger partial charge in [0.05, 0.1) is 7.11 Å². The van der Waals surface area contributed by atoms with E-state index in [9.17, 15) is 0 Å². The SMILES string of the molecule is CNC(Cc1ccccc1OC)c1cc(C)c(Br)cc1C. The van der Waals surface area contributed by atoms with Crippen LogP contribution in [0.2, 0.25) is 0 Å². The molecular formula is C18H22BrNO. The van der Waals surface area contributed by atoms with Gasteiger partial charge >= 0.3 is 0 Å². The summed E-state index contributed by atoms with van der Waals surface area (Å²) in [6.07, 6.45) is 0.905. The van der Waals surface area contributed by atoms with Gasteiger partial charge in [-0.15, -0.1) is 0 Å². The Balaban J connectivity index is 2.34. The van der Waals surface area contributed by atoms with Gasteiger partial charge in [-0.25, -0.2) is 0 Å². The van der Waals surface area contributed by atoms with Crippen LogP contribution in [-0.2, 0) is 6.42 Å². The van der Waals surface area contributed by atoms with Gasteiger partial charge in [-0.2, -0.15) is 0 Å². The molecule has 1 N–H and O–H groups in total. The summed E-state index contributed by atoms with van der Waals surface area (Å²) in [5, 5.41) is 3.43. The van der Waals surface area contributed by atoms with E-state index < -0.39 is 0 Å². The van der Waals surface area contributed by atoms with Crippen molar-refractivity contribution in [1.29, 1.82) is 0 Å². The summed E-state index contributed by atoms with van der Waals surface area (Å²) in [4.78, 5) is 0. The van der Waals surface area contributed by atoms with Gasteiger partial charge in [0.2, 0.25) is 0 Å². The lowest BCUT2D eigenvalue weighted by atomic mass is 9.93. The maximum atomic E-state index is 5.46. The number of ether oxygens (including phenoxy) is 1. The number of para-hydroxylation sites is 1. The van der Waals surface area contributed by atoms with Crippen LogP contribution in [0.1, 0.15) is 28.3 Å². The summed E-state index contributed by atoms with van der Waals surface area (Å²) in [6.45, 7) is 4.29. The Morgan fingerprint density at radius 3 is 2.52 bits per heavy atom. The van der Waals surface area contributed by atoms with Crippen molar-refractivity contribution in [2.24, 2.45) is 0 Å². The van der Waals surface area contributed by atoms with E-state index in [1.54, 1.807) is 7.11 Å². The van der Waals surface area contributed by atoms with Gasteiger partial charge in [-0.05, 0) is 61.7 Å². The summed E-state index contributed by atoms with van der Waals surface area (Å²) in [5.41, 5.74) is 5.11. The van der Waals surface area contributed by atoms with Gasteiger partial charge in [0.25, 0.3) is 0 Å². The van der Waals surface area contributed by atoms with Crippen molar-refractivity contribution in [3.63, 3.8) is 0 Å². The smallest absolute Gasteiger partial charge is 0.122 e. The van der Waals surface area contributed by atoms with Crippen molar-refractivity contribution in [1.82, 2.24) is 5.32 Å². The third-order valence-electron chi connectivity index (χ3n) is 3.89. The minimum absolute atomic E-state index is 0.271. The van der Waals surface area contributed by atoms with E-state index in [1.807, 2.05) is 19.2 Å². The summed E-state index contributed by atoms with van der Waals surface area (Å²) in [5.74, 6) is 0.948. The second kappa shape index (κ2) is 7.10. The lowest BCUT2D eigenvalue weighted by Gasteiger charge is -2.21. The highest BCUT2D eigenvalue weighted by Gasteiger charge is 2.16. The highest BCUT2D eigenvalue weighted by Crippen LogP contribution is 2.29. The van der Waals surface area contributed by atoms with E-state index in [1.165, 1.54) is 22.3 Å². The summed E-state index contributed by atoms with van der Waals surface area (Å²) in [7, 11) is 3.74. The molecule has 2 nitrogen and oxygen atoms in total. The topological polar surface area (TPSA) is 21.3 Å². The number of rotatable bonds is 5. The zero-order valence-corrected chi connectivity index (χ0v) is 14.6. The Morgan fingerprint density at radius 1 is 1.14 bits per heavy atom. The van der Waals surface area contributed by atoms with Crippen molar-refractivity contribution >= 4 is 15.9 Å². The van der Waals surface area contributed by atoms with E-state index in [4.69, 9.17) is 4.74 Å². The molecule has 0 bridgehead atoms. The monoisotopic (exact) mass is 347 g/mol. The fourth-order valence-corrected chi connectivity index (χ4v) is 3.10. The van der Waals surface area contributed by atoms with Crippen LogP contribution in [0.3, 0.4) is 0 Å². The average molecular weight is 348 g/mol. The zero-order valence-electron chi connectivity index (χ0n) is 13.0. The van der Waals surface area contributed by atoms with Gasteiger partial charge in [0.15, 0.2) is 0 Å². The number of hydrogen-bond acceptors (Lipinski definition) is 2. The molecule has 0 aromatic heterocycles. The lowest BCUT2D eigenvalue weighted by Crippen LogP contribution is -2.20. The number of likely N-dealkylation sites (N-methyl/N-ethyl adjacent to an activating group) is 1. The second-order valence-electron chi connectivity index (χ2n) is 5.32. The predicted molar refractivity (Wildman–Crippen MR) is 92.1 cm³/mol. The van der Waals surface area contributed by atoms with Crippen molar-refractivity contribution in [2.45, 2.75) is 26.3 Å². The Morgan fingerprint density at radius 2 is 1.86 bits per heavy atom. The number of aryl methyl sites for hydroxylation is 2. The molecule has 1 atom stereocenters. The number of methoxy groups -OCH3 is 1. The van der Waals surface area contributed by atoms with Crippen LogP contribution >= 0.6 is 15.9 Å². The standard InChI is InChI=1S/C18H22BrNO/c1-12-10-16(19)13(2)9-15(12)17(20-3)11-14-7-5-6-8-18(14)21-4/h5-10,17,20H,11H2,1-4H3. The minimum Gasteiger partial charge on any atom is -0.496 e. The van der Waals surface area contributed by atoms with Crippen LogP contribution in [0.15, 0.2) is 40.9 Å². The Bertz CT molecular complexity index is 625. The Hall–Kier alpha value is -1.32. The van der Waals surface area contributed by atoms with Crippen LogP contribution in [0.4, 0.5) is 0 Å². The summed E-state index contributed by atoms with van der Waals surface area (Å²) >= 11 is 3.60. The molecule has 0 aliphatic heterocycles. The molecule has 2 aromatic rings. The maximum Gasteiger partial charge on any atom is 0.122 e. The van der Waals surface area contributed by atoms with Gasteiger partial charge in [-0.3, -0.25) is 0 Å². The van der Waals surface area contributed by atoms with Crippen molar-refractivity contribution < 1.29 is 4.74 Å². The molecule has 21 heavy (non-hydrogen) atoms. The molecular weight excluding hydrogens is 326 g/mol.